The van der Waals surface area contributed by atoms with Crippen LogP contribution in [-0.4, -0.2) is 11.2 Å². The molecule has 1 rings (SSSR count). The maximum Gasteiger partial charge on any atom is 0.0726 e. The van der Waals surface area contributed by atoms with E-state index in [4.69, 9.17) is 5.11 Å². The van der Waals surface area contributed by atoms with Gasteiger partial charge in [0.2, 0.25) is 0 Å². The van der Waals surface area contributed by atoms with E-state index in [-0.39, 0.29) is 6.10 Å². The topological polar surface area (TPSA) is 20.2 Å². The fraction of sp³-hybridized carbons (Fsp3) is 0.778. The Morgan fingerprint density at radius 2 is 2.30 bits per heavy atom. The van der Waals surface area contributed by atoms with Gasteiger partial charge in [-0.2, -0.15) is 0 Å². The lowest BCUT2D eigenvalue weighted by Gasteiger charge is -2.06. The number of unbranched alkanes of at least 4 members (excludes halogenated alkanes) is 1. The van der Waals surface area contributed by atoms with Crippen molar-refractivity contribution >= 4 is 0 Å². The van der Waals surface area contributed by atoms with Crippen LogP contribution in [0.3, 0.4) is 0 Å². The molecule has 1 heteroatoms. The zero-order valence-corrected chi connectivity index (χ0v) is 6.59. The first kappa shape index (κ1) is 7.80. The van der Waals surface area contributed by atoms with E-state index in [0.717, 1.165) is 6.42 Å². The van der Waals surface area contributed by atoms with Crippen LogP contribution in [0.5, 0.6) is 0 Å². The molecule has 0 amide bonds. The van der Waals surface area contributed by atoms with E-state index in [1.807, 2.05) is 6.08 Å². The molecule has 0 unspecified atom stereocenters. The Morgan fingerprint density at radius 1 is 1.50 bits per heavy atom. The second-order valence-electron chi connectivity index (χ2n) is 3.09. The molecule has 0 saturated heterocycles. The summed E-state index contributed by atoms with van der Waals surface area (Å²) in [5.74, 6) is 0.662. The first-order valence-electron chi connectivity index (χ1n) is 4.19. The molecular formula is C9H16O. The zero-order valence-electron chi connectivity index (χ0n) is 6.59. The first-order chi connectivity index (χ1) is 4.83. The maximum absolute atomic E-state index is 9.11. The fourth-order valence-electron chi connectivity index (χ4n) is 1.43. The van der Waals surface area contributed by atoms with Crippen molar-refractivity contribution in [1.82, 2.24) is 0 Å². The minimum Gasteiger partial charge on any atom is -0.389 e. The largest absolute Gasteiger partial charge is 0.389 e. The number of allylic oxidation sites excluding steroid dienone is 1. The Morgan fingerprint density at radius 3 is 2.80 bits per heavy atom. The number of aliphatic hydroxyl groups is 1. The van der Waals surface area contributed by atoms with Gasteiger partial charge in [0.15, 0.2) is 0 Å². The van der Waals surface area contributed by atoms with E-state index in [1.165, 1.54) is 19.3 Å². The predicted molar refractivity (Wildman–Crippen MR) is 42.8 cm³/mol. The van der Waals surface area contributed by atoms with Crippen molar-refractivity contribution in [1.29, 1.82) is 0 Å². The molecule has 0 fully saturated rings. The summed E-state index contributed by atoms with van der Waals surface area (Å²) in [6, 6.07) is 0. The van der Waals surface area contributed by atoms with Crippen LogP contribution in [0, 0.1) is 5.92 Å². The number of aliphatic hydroxyl groups excluding tert-OH is 1. The summed E-state index contributed by atoms with van der Waals surface area (Å²) in [7, 11) is 0. The fourth-order valence-corrected chi connectivity index (χ4v) is 1.43. The van der Waals surface area contributed by atoms with E-state index in [1.54, 1.807) is 0 Å². The van der Waals surface area contributed by atoms with Crippen LogP contribution >= 0.6 is 0 Å². The summed E-state index contributed by atoms with van der Waals surface area (Å²) < 4.78 is 0. The lowest BCUT2D eigenvalue weighted by molar-refractivity contribution is 0.208. The second kappa shape index (κ2) is 3.77. The smallest absolute Gasteiger partial charge is 0.0726 e. The highest BCUT2D eigenvalue weighted by molar-refractivity contribution is 5.01. The average molecular weight is 140 g/mol. The van der Waals surface area contributed by atoms with Gasteiger partial charge in [0.25, 0.3) is 0 Å². The highest BCUT2D eigenvalue weighted by atomic mass is 16.3. The van der Waals surface area contributed by atoms with Crippen molar-refractivity contribution in [3.8, 4) is 0 Å². The lowest BCUT2D eigenvalue weighted by Crippen LogP contribution is -2.01. The first-order valence-corrected chi connectivity index (χ1v) is 4.19. The summed E-state index contributed by atoms with van der Waals surface area (Å²) in [5.41, 5.74) is 0. The summed E-state index contributed by atoms with van der Waals surface area (Å²) >= 11 is 0. The maximum atomic E-state index is 9.11. The van der Waals surface area contributed by atoms with E-state index in [9.17, 15) is 0 Å². The average Bonchev–Trinajstić information content (AvgIpc) is 2.31. The summed E-state index contributed by atoms with van der Waals surface area (Å²) in [6.45, 7) is 2.20. The van der Waals surface area contributed by atoms with E-state index >= 15 is 0 Å². The van der Waals surface area contributed by atoms with Crippen LogP contribution in [-0.2, 0) is 0 Å². The zero-order chi connectivity index (χ0) is 7.40. The van der Waals surface area contributed by atoms with Gasteiger partial charge >= 0.3 is 0 Å². The van der Waals surface area contributed by atoms with Crippen molar-refractivity contribution in [2.24, 2.45) is 5.92 Å². The normalized spacial score (nSPS) is 31.4. The molecule has 0 aromatic rings. The van der Waals surface area contributed by atoms with Crippen molar-refractivity contribution < 1.29 is 5.11 Å². The highest BCUT2D eigenvalue weighted by Gasteiger charge is 2.14. The van der Waals surface area contributed by atoms with E-state index in [2.05, 4.69) is 13.0 Å². The van der Waals surface area contributed by atoms with Gasteiger partial charge in [-0.25, -0.2) is 0 Å². The van der Waals surface area contributed by atoms with Crippen LogP contribution < -0.4 is 0 Å². The quantitative estimate of drug-likeness (QED) is 0.595. The molecular weight excluding hydrogens is 124 g/mol. The van der Waals surface area contributed by atoms with Crippen LogP contribution in [0.2, 0.25) is 0 Å². The predicted octanol–water partition coefficient (Wildman–Crippen LogP) is 2.11. The standard InChI is InChI=1S/C9H16O/c1-2-3-4-8-5-6-9(10)7-8/h5-6,8-10H,2-4,7H2,1H3/t8-,9-/m1/s1. The molecule has 1 nitrogen and oxygen atoms in total. The molecule has 58 valence electrons. The molecule has 0 radical (unpaired) electrons. The molecule has 0 bridgehead atoms. The van der Waals surface area contributed by atoms with Crippen molar-refractivity contribution in [3.05, 3.63) is 12.2 Å². The third-order valence-electron chi connectivity index (χ3n) is 2.08. The van der Waals surface area contributed by atoms with Gasteiger partial charge in [-0.1, -0.05) is 31.9 Å². The van der Waals surface area contributed by atoms with Crippen molar-refractivity contribution in [2.75, 3.05) is 0 Å². The van der Waals surface area contributed by atoms with Gasteiger partial charge < -0.3 is 5.11 Å². The summed E-state index contributed by atoms with van der Waals surface area (Å²) in [6.07, 6.45) is 8.69. The molecule has 10 heavy (non-hydrogen) atoms. The molecule has 0 aliphatic heterocycles. The molecule has 0 aromatic carbocycles. The number of hydrogen-bond donors (Lipinski definition) is 1. The van der Waals surface area contributed by atoms with Crippen LogP contribution in [0.4, 0.5) is 0 Å². The number of rotatable bonds is 3. The van der Waals surface area contributed by atoms with Gasteiger partial charge in [-0.15, -0.1) is 0 Å². The van der Waals surface area contributed by atoms with Gasteiger partial charge in [0.05, 0.1) is 6.10 Å². The third kappa shape index (κ3) is 2.14. The Bertz CT molecular complexity index is 118. The van der Waals surface area contributed by atoms with Gasteiger partial charge in [0, 0.05) is 0 Å². The van der Waals surface area contributed by atoms with Gasteiger partial charge in [-0.3, -0.25) is 0 Å². The van der Waals surface area contributed by atoms with Gasteiger partial charge in [-0.05, 0) is 18.8 Å². The minimum absolute atomic E-state index is 0.151. The molecule has 0 heterocycles. The molecule has 0 spiro atoms. The van der Waals surface area contributed by atoms with Crippen molar-refractivity contribution in [2.45, 2.75) is 38.7 Å². The van der Waals surface area contributed by atoms with Crippen LogP contribution in [0.15, 0.2) is 12.2 Å². The van der Waals surface area contributed by atoms with Crippen LogP contribution in [0.25, 0.3) is 0 Å². The lowest BCUT2D eigenvalue weighted by atomic mass is 10.0. The molecule has 0 saturated carbocycles. The summed E-state index contributed by atoms with van der Waals surface area (Å²) in [5, 5.41) is 9.11. The third-order valence-corrected chi connectivity index (χ3v) is 2.08. The minimum atomic E-state index is -0.151. The van der Waals surface area contributed by atoms with Crippen molar-refractivity contribution in [3.63, 3.8) is 0 Å². The molecule has 0 aromatic heterocycles. The SMILES string of the molecule is CCCC[C@@H]1C=C[C@@H](O)C1. The Kier molecular flexibility index (Phi) is 2.94. The number of hydrogen-bond acceptors (Lipinski definition) is 1. The monoisotopic (exact) mass is 140 g/mol. The molecule has 2 atom stereocenters. The summed E-state index contributed by atoms with van der Waals surface area (Å²) in [4.78, 5) is 0. The van der Waals surface area contributed by atoms with Crippen LogP contribution in [0.1, 0.15) is 32.6 Å². The second-order valence-corrected chi connectivity index (χ2v) is 3.09. The Labute approximate surface area is 62.8 Å². The molecule has 1 N–H and O–H groups in total. The molecule has 1 aliphatic carbocycles. The van der Waals surface area contributed by atoms with E-state index in [0.29, 0.717) is 5.92 Å². The van der Waals surface area contributed by atoms with E-state index < -0.39 is 0 Å². The highest BCUT2D eigenvalue weighted by Crippen LogP contribution is 2.22. The van der Waals surface area contributed by atoms with Gasteiger partial charge in [0.1, 0.15) is 0 Å². The Balaban J connectivity index is 2.14. The Hall–Kier alpha value is -0.300. The molecule has 1 aliphatic rings.